The zero-order valence-corrected chi connectivity index (χ0v) is 13.9. The van der Waals surface area contributed by atoms with Crippen molar-refractivity contribution in [2.24, 2.45) is 0 Å². The van der Waals surface area contributed by atoms with Crippen LogP contribution in [0.4, 0.5) is 0 Å². The van der Waals surface area contributed by atoms with E-state index in [9.17, 15) is 9.59 Å². The van der Waals surface area contributed by atoms with E-state index in [0.717, 1.165) is 19.4 Å². The molecule has 7 heteroatoms. The highest BCUT2D eigenvalue weighted by atomic mass is 32.2. The topological polar surface area (TPSA) is 70.4 Å². The van der Waals surface area contributed by atoms with Gasteiger partial charge in [-0.25, -0.2) is 9.78 Å². The molecule has 0 unspecified atom stereocenters. The van der Waals surface area contributed by atoms with Crippen molar-refractivity contribution in [2.45, 2.75) is 30.6 Å². The van der Waals surface area contributed by atoms with E-state index in [2.05, 4.69) is 4.98 Å². The van der Waals surface area contributed by atoms with Gasteiger partial charge < -0.3 is 9.47 Å². The Hall–Kier alpha value is -1.86. The van der Waals surface area contributed by atoms with Gasteiger partial charge >= 0.3 is 5.97 Å². The smallest absolute Gasteiger partial charge is 0.337 e. The van der Waals surface area contributed by atoms with Crippen molar-refractivity contribution in [2.75, 3.05) is 20.0 Å². The van der Waals surface area contributed by atoms with Crippen LogP contribution in [-0.4, -0.2) is 41.6 Å². The van der Waals surface area contributed by atoms with Crippen LogP contribution >= 0.6 is 11.8 Å². The first-order valence-electron chi connectivity index (χ1n) is 7.42. The van der Waals surface area contributed by atoms with E-state index in [1.165, 1.54) is 18.9 Å². The standard InChI is InChI=1S/C16H18N2O4S/c1-21-15(20)10-5-6-12-13(8-10)17-16(23-2)18(14(12)19)9-11-4-3-7-22-11/h5-6,8,11H,3-4,7,9H2,1-2H3/t11-/m1/s1. The van der Waals surface area contributed by atoms with Crippen molar-refractivity contribution < 1.29 is 14.3 Å². The Labute approximate surface area is 137 Å². The van der Waals surface area contributed by atoms with Gasteiger partial charge in [0.05, 0.1) is 36.2 Å². The zero-order valence-electron chi connectivity index (χ0n) is 13.1. The van der Waals surface area contributed by atoms with Crippen LogP contribution in [0.15, 0.2) is 28.2 Å². The molecule has 0 N–H and O–H groups in total. The third-order valence-corrected chi connectivity index (χ3v) is 4.61. The highest BCUT2D eigenvalue weighted by Crippen LogP contribution is 2.20. The lowest BCUT2D eigenvalue weighted by molar-refractivity contribution is 0.0601. The predicted octanol–water partition coefficient (Wildman–Crippen LogP) is 2.08. The summed E-state index contributed by atoms with van der Waals surface area (Å²) in [5, 5.41) is 1.12. The minimum absolute atomic E-state index is 0.0622. The molecule has 1 atom stereocenters. The SMILES string of the molecule is COC(=O)c1ccc2c(=O)n(C[C@H]3CCCO3)c(SC)nc2c1. The van der Waals surface area contributed by atoms with Crippen molar-refractivity contribution in [3.05, 3.63) is 34.1 Å². The minimum Gasteiger partial charge on any atom is -0.465 e. The van der Waals surface area contributed by atoms with Crippen LogP contribution in [0.1, 0.15) is 23.2 Å². The number of rotatable bonds is 4. The average molecular weight is 334 g/mol. The zero-order chi connectivity index (χ0) is 16.4. The summed E-state index contributed by atoms with van der Waals surface area (Å²) >= 11 is 1.41. The quantitative estimate of drug-likeness (QED) is 0.484. The Bertz CT molecular complexity index is 797. The Balaban J connectivity index is 2.08. The maximum Gasteiger partial charge on any atom is 0.337 e. The molecule has 0 aliphatic carbocycles. The molecule has 1 fully saturated rings. The van der Waals surface area contributed by atoms with Gasteiger partial charge in [-0.1, -0.05) is 11.8 Å². The number of carbonyl (C=O) groups excluding carboxylic acids is 1. The van der Waals surface area contributed by atoms with Gasteiger partial charge in [0.25, 0.3) is 5.56 Å². The Morgan fingerprint density at radius 3 is 3.00 bits per heavy atom. The number of thioether (sulfide) groups is 1. The molecule has 1 aromatic carbocycles. The lowest BCUT2D eigenvalue weighted by atomic mass is 10.1. The second-order valence-corrected chi connectivity index (χ2v) is 6.15. The first-order valence-corrected chi connectivity index (χ1v) is 8.65. The van der Waals surface area contributed by atoms with E-state index < -0.39 is 5.97 Å². The van der Waals surface area contributed by atoms with Crippen molar-refractivity contribution >= 4 is 28.6 Å². The van der Waals surface area contributed by atoms with Crippen molar-refractivity contribution in [3.63, 3.8) is 0 Å². The van der Waals surface area contributed by atoms with E-state index in [0.29, 0.717) is 28.2 Å². The minimum atomic E-state index is -0.442. The lowest BCUT2D eigenvalue weighted by Crippen LogP contribution is -2.28. The van der Waals surface area contributed by atoms with Gasteiger partial charge in [0, 0.05) is 6.61 Å². The molecule has 122 valence electrons. The summed E-state index contributed by atoms with van der Waals surface area (Å²) in [6, 6.07) is 4.82. The molecule has 2 aromatic rings. The number of benzene rings is 1. The summed E-state index contributed by atoms with van der Waals surface area (Å²) in [5.74, 6) is -0.442. The normalized spacial score (nSPS) is 17.6. The number of aromatic nitrogens is 2. The fourth-order valence-corrected chi connectivity index (χ4v) is 3.32. The predicted molar refractivity (Wildman–Crippen MR) is 88.1 cm³/mol. The van der Waals surface area contributed by atoms with Gasteiger partial charge in [-0.2, -0.15) is 0 Å². The maximum atomic E-state index is 12.8. The van der Waals surface area contributed by atoms with Crippen LogP contribution in [-0.2, 0) is 16.0 Å². The second kappa shape index (κ2) is 6.72. The molecule has 0 amide bonds. The van der Waals surface area contributed by atoms with Crippen LogP contribution in [0.25, 0.3) is 10.9 Å². The van der Waals surface area contributed by atoms with E-state index in [4.69, 9.17) is 9.47 Å². The van der Waals surface area contributed by atoms with E-state index >= 15 is 0 Å². The van der Waals surface area contributed by atoms with E-state index in [1.54, 1.807) is 22.8 Å². The number of hydrogen-bond acceptors (Lipinski definition) is 6. The van der Waals surface area contributed by atoms with E-state index in [-0.39, 0.29) is 11.7 Å². The van der Waals surface area contributed by atoms with Gasteiger partial charge in [-0.15, -0.1) is 0 Å². The molecular weight excluding hydrogens is 316 g/mol. The third kappa shape index (κ3) is 3.11. The van der Waals surface area contributed by atoms with Crippen LogP contribution in [0, 0.1) is 0 Å². The summed E-state index contributed by atoms with van der Waals surface area (Å²) in [5.41, 5.74) is 0.785. The second-order valence-electron chi connectivity index (χ2n) is 5.37. The number of fused-ring (bicyclic) bond motifs is 1. The molecule has 1 saturated heterocycles. The first-order chi connectivity index (χ1) is 11.1. The molecule has 0 bridgehead atoms. The number of nitrogens with zero attached hydrogens (tertiary/aromatic N) is 2. The van der Waals surface area contributed by atoms with Crippen molar-refractivity contribution in [1.82, 2.24) is 9.55 Å². The van der Waals surface area contributed by atoms with Crippen LogP contribution in [0.3, 0.4) is 0 Å². The highest BCUT2D eigenvalue weighted by Gasteiger charge is 2.20. The summed E-state index contributed by atoms with van der Waals surface area (Å²) in [4.78, 5) is 29.0. The molecule has 2 heterocycles. The largest absolute Gasteiger partial charge is 0.465 e. The lowest BCUT2D eigenvalue weighted by Gasteiger charge is -2.15. The summed E-state index contributed by atoms with van der Waals surface area (Å²) in [6.45, 7) is 1.26. The fourth-order valence-electron chi connectivity index (χ4n) is 2.75. The van der Waals surface area contributed by atoms with Gasteiger partial charge in [0.1, 0.15) is 0 Å². The van der Waals surface area contributed by atoms with Crippen LogP contribution in [0.2, 0.25) is 0 Å². The monoisotopic (exact) mass is 334 g/mol. The number of methoxy groups -OCH3 is 1. The molecule has 1 aromatic heterocycles. The molecule has 3 rings (SSSR count). The third-order valence-electron chi connectivity index (χ3n) is 3.93. The Kier molecular flexibility index (Phi) is 4.68. The highest BCUT2D eigenvalue weighted by molar-refractivity contribution is 7.98. The first kappa shape index (κ1) is 16.0. The molecule has 1 aliphatic rings. The molecule has 0 saturated carbocycles. The number of esters is 1. The maximum absolute atomic E-state index is 12.8. The van der Waals surface area contributed by atoms with E-state index in [1.807, 2.05) is 6.26 Å². The number of ether oxygens (including phenoxy) is 2. The molecule has 0 spiro atoms. The molecule has 0 radical (unpaired) electrons. The fraction of sp³-hybridized carbons (Fsp3) is 0.438. The molecular formula is C16H18N2O4S. The Morgan fingerprint density at radius 2 is 2.35 bits per heavy atom. The van der Waals surface area contributed by atoms with Crippen LogP contribution < -0.4 is 5.56 Å². The van der Waals surface area contributed by atoms with Crippen molar-refractivity contribution in [3.8, 4) is 0 Å². The summed E-state index contributed by atoms with van der Waals surface area (Å²) < 4.78 is 12.0. The number of carbonyl (C=O) groups is 1. The van der Waals surface area contributed by atoms with Gasteiger partial charge in [-0.05, 0) is 37.3 Å². The molecule has 1 aliphatic heterocycles. The summed E-state index contributed by atoms with van der Waals surface area (Å²) in [7, 11) is 1.33. The molecule has 6 nitrogen and oxygen atoms in total. The Morgan fingerprint density at radius 1 is 1.52 bits per heavy atom. The van der Waals surface area contributed by atoms with Gasteiger partial charge in [0.2, 0.25) is 0 Å². The van der Waals surface area contributed by atoms with Gasteiger partial charge in [0.15, 0.2) is 5.16 Å². The van der Waals surface area contributed by atoms with Gasteiger partial charge in [-0.3, -0.25) is 9.36 Å². The van der Waals surface area contributed by atoms with Crippen LogP contribution in [0.5, 0.6) is 0 Å². The average Bonchev–Trinajstić information content (AvgIpc) is 3.09. The molecule has 23 heavy (non-hydrogen) atoms. The summed E-state index contributed by atoms with van der Waals surface area (Å²) in [6.07, 6.45) is 3.92. The number of hydrogen-bond donors (Lipinski definition) is 0. The van der Waals surface area contributed by atoms with Crippen molar-refractivity contribution in [1.29, 1.82) is 0 Å².